The second-order valence-electron chi connectivity index (χ2n) is 8.57. The Hall–Kier alpha value is -3.48. The molecule has 0 aliphatic heterocycles. The third-order valence-corrected chi connectivity index (χ3v) is 6.51. The average Bonchev–Trinajstić information content (AvgIpc) is 3.57. The van der Waals surface area contributed by atoms with E-state index in [0.717, 1.165) is 56.2 Å². The van der Waals surface area contributed by atoms with E-state index in [9.17, 15) is 14.7 Å². The number of fused-ring (bicyclic) bond motifs is 1. The first kappa shape index (κ1) is 20.4. The number of aromatic nitrogens is 3. The van der Waals surface area contributed by atoms with Gasteiger partial charge in [0.1, 0.15) is 6.54 Å². The number of aliphatic carboxylic acids is 1. The van der Waals surface area contributed by atoms with E-state index in [1.165, 1.54) is 16.0 Å². The van der Waals surface area contributed by atoms with E-state index in [4.69, 9.17) is 0 Å². The normalized spacial score (nSPS) is 15.6. The number of hydrogen-bond acceptors (Lipinski definition) is 4. The SMILES string of the molecule is O=C(O)CN(C(=O)c1nc(-c2ccccc2)n(-c2cccc3c2CCC3)n1)C1CCCC1. The Kier molecular flexibility index (Phi) is 5.47. The summed E-state index contributed by atoms with van der Waals surface area (Å²) in [5, 5.41) is 14.1. The number of amides is 1. The largest absolute Gasteiger partial charge is 0.480 e. The molecule has 164 valence electrons. The maximum absolute atomic E-state index is 13.5. The zero-order chi connectivity index (χ0) is 22.1. The highest BCUT2D eigenvalue weighted by molar-refractivity contribution is 5.93. The van der Waals surface area contributed by atoms with Gasteiger partial charge in [0, 0.05) is 11.6 Å². The fraction of sp³-hybridized carbons (Fsp3) is 0.360. The highest BCUT2D eigenvalue weighted by Gasteiger charge is 2.32. The van der Waals surface area contributed by atoms with Crippen LogP contribution < -0.4 is 0 Å². The lowest BCUT2D eigenvalue weighted by molar-refractivity contribution is -0.138. The van der Waals surface area contributed by atoms with Gasteiger partial charge >= 0.3 is 5.97 Å². The predicted molar refractivity (Wildman–Crippen MR) is 120 cm³/mol. The molecule has 3 aromatic rings. The maximum Gasteiger partial charge on any atom is 0.323 e. The first-order valence-corrected chi connectivity index (χ1v) is 11.3. The Morgan fingerprint density at radius 3 is 2.53 bits per heavy atom. The molecule has 32 heavy (non-hydrogen) atoms. The molecule has 0 radical (unpaired) electrons. The van der Waals surface area contributed by atoms with Crippen molar-refractivity contribution in [2.45, 2.75) is 51.0 Å². The predicted octanol–water partition coefficient (Wildman–Crippen LogP) is 3.89. The Morgan fingerprint density at radius 1 is 1.00 bits per heavy atom. The minimum absolute atomic E-state index is 0.0487. The van der Waals surface area contributed by atoms with Crippen molar-refractivity contribution in [3.63, 3.8) is 0 Å². The quantitative estimate of drug-likeness (QED) is 0.641. The highest BCUT2D eigenvalue weighted by atomic mass is 16.4. The van der Waals surface area contributed by atoms with Gasteiger partial charge in [0.2, 0.25) is 5.82 Å². The summed E-state index contributed by atoms with van der Waals surface area (Å²) in [4.78, 5) is 31.1. The monoisotopic (exact) mass is 430 g/mol. The molecule has 0 atom stereocenters. The number of carbonyl (C=O) groups excluding carboxylic acids is 1. The van der Waals surface area contributed by atoms with E-state index >= 15 is 0 Å². The van der Waals surface area contributed by atoms with Crippen LogP contribution in [0, 0.1) is 0 Å². The standard InChI is InChI=1S/C25H26N4O3/c30-22(31)16-28(19-12-4-5-13-19)25(32)23-26-24(18-8-2-1-3-9-18)29(27-23)21-15-7-11-17-10-6-14-20(17)21/h1-3,7-9,11,15,19H,4-6,10,12-14,16H2,(H,30,31). The van der Waals surface area contributed by atoms with Crippen molar-refractivity contribution in [2.75, 3.05) is 6.54 Å². The molecular weight excluding hydrogens is 404 g/mol. The summed E-state index contributed by atoms with van der Waals surface area (Å²) in [6.07, 6.45) is 6.74. The molecule has 5 rings (SSSR count). The van der Waals surface area contributed by atoms with Crippen LogP contribution in [0.5, 0.6) is 0 Å². The summed E-state index contributed by atoms with van der Waals surface area (Å²) in [7, 11) is 0. The number of hydrogen-bond donors (Lipinski definition) is 1. The van der Waals surface area contributed by atoms with Crippen molar-refractivity contribution < 1.29 is 14.7 Å². The van der Waals surface area contributed by atoms with Crippen LogP contribution >= 0.6 is 0 Å². The molecule has 0 unspecified atom stereocenters. The summed E-state index contributed by atoms with van der Waals surface area (Å²) >= 11 is 0. The first-order chi connectivity index (χ1) is 15.6. The van der Waals surface area contributed by atoms with Crippen molar-refractivity contribution >= 4 is 11.9 Å². The van der Waals surface area contributed by atoms with Gasteiger partial charge in [-0.2, -0.15) is 0 Å². The zero-order valence-corrected chi connectivity index (χ0v) is 17.9. The molecule has 1 aromatic heterocycles. The molecule has 7 nitrogen and oxygen atoms in total. The summed E-state index contributed by atoms with van der Waals surface area (Å²) < 4.78 is 1.76. The molecule has 2 aromatic carbocycles. The molecule has 0 saturated heterocycles. The van der Waals surface area contributed by atoms with E-state index in [2.05, 4.69) is 16.1 Å². The molecule has 1 heterocycles. The number of carbonyl (C=O) groups is 2. The molecule has 2 aliphatic carbocycles. The van der Waals surface area contributed by atoms with Crippen molar-refractivity contribution in [1.82, 2.24) is 19.7 Å². The maximum atomic E-state index is 13.5. The summed E-state index contributed by atoms with van der Waals surface area (Å²) in [6.45, 7) is -0.334. The van der Waals surface area contributed by atoms with Gasteiger partial charge in [-0.3, -0.25) is 9.59 Å². The van der Waals surface area contributed by atoms with Crippen molar-refractivity contribution in [2.24, 2.45) is 0 Å². The van der Waals surface area contributed by atoms with Crippen molar-refractivity contribution in [3.05, 3.63) is 65.5 Å². The van der Waals surface area contributed by atoms with Gasteiger partial charge in [-0.1, -0.05) is 55.3 Å². The van der Waals surface area contributed by atoms with E-state index in [-0.39, 0.29) is 18.4 Å². The summed E-state index contributed by atoms with van der Waals surface area (Å²) in [5.74, 6) is -0.791. The van der Waals surface area contributed by atoms with E-state index in [1.807, 2.05) is 42.5 Å². The third kappa shape index (κ3) is 3.79. The smallest absolute Gasteiger partial charge is 0.323 e. The van der Waals surface area contributed by atoms with E-state index in [0.29, 0.717) is 5.82 Å². The lowest BCUT2D eigenvalue weighted by Gasteiger charge is -2.26. The molecule has 1 amide bonds. The topological polar surface area (TPSA) is 88.3 Å². The average molecular weight is 431 g/mol. The van der Waals surface area contributed by atoms with Gasteiger partial charge < -0.3 is 10.0 Å². The number of rotatable bonds is 6. The number of carboxylic acids is 1. The Labute approximate surface area is 186 Å². The number of carboxylic acid groups (broad SMARTS) is 1. The first-order valence-electron chi connectivity index (χ1n) is 11.3. The molecule has 1 N–H and O–H groups in total. The third-order valence-electron chi connectivity index (χ3n) is 6.51. The van der Waals surface area contributed by atoms with Crippen molar-refractivity contribution in [3.8, 4) is 17.1 Å². The van der Waals surface area contributed by atoms with Crippen LogP contribution in [0.4, 0.5) is 0 Å². The lowest BCUT2D eigenvalue weighted by atomic mass is 10.1. The Bertz CT molecular complexity index is 1150. The molecule has 1 saturated carbocycles. The summed E-state index contributed by atoms with van der Waals surface area (Å²) in [5.41, 5.74) is 4.35. The molecule has 1 fully saturated rings. The van der Waals surface area contributed by atoms with E-state index in [1.54, 1.807) is 4.68 Å². The van der Waals surface area contributed by atoms with Gasteiger partial charge in [0.15, 0.2) is 5.82 Å². The minimum Gasteiger partial charge on any atom is -0.480 e. The van der Waals surface area contributed by atoms with Crippen LogP contribution in [0.25, 0.3) is 17.1 Å². The highest BCUT2D eigenvalue weighted by Crippen LogP contribution is 2.31. The number of benzene rings is 2. The minimum atomic E-state index is -1.02. The van der Waals surface area contributed by atoms with Crippen molar-refractivity contribution in [1.29, 1.82) is 0 Å². The number of nitrogens with zero attached hydrogens (tertiary/aromatic N) is 4. The van der Waals surface area contributed by atoms with Gasteiger partial charge in [0.25, 0.3) is 5.91 Å². The van der Waals surface area contributed by atoms with Gasteiger partial charge in [-0.25, -0.2) is 9.67 Å². The van der Waals surface area contributed by atoms with Crippen LogP contribution in [0.15, 0.2) is 48.5 Å². The molecule has 2 aliphatic rings. The van der Waals surface area contributed by atoms with Crippen LogP contribution in [0.2, 0.25) is 0 Å². The molecule has 0 spiro atoms. The van der Waals surface area contributed by atoms with Crippen LogP contribution in [0.1, 0.15) is 53.8 Å². The Balaban J connectivity index is 1.61. The lowest BCUT2D eigenvalue weighted by Crippen LogP contribution is -2.42. The number of aryl methyl sites for hydroxylation is 1. The second kappa shape index (κ2) is 8.57. The molecular formula is C25H26N4O3. The second-order valence-corrected chi connectivity index (χ2v) is 8.57. The molecule has 7 heteroatoms. The molecule has 0 bridgehead atoms. The van der Waals surface area contributed by atoms with E-state index < -0.39 is 11.9 Å². The fourth-order valence-corrected chi connectivity index (χ4v) is 5.00. The summed E-state index contributed by atoms with van der Waals surface area (Å²) in [6, 6.07) is 15.8. The Morgan fingerprint density at radius 2 is 1.78 bits per heavy atom. The van der Waals surface area contributed by atoms with Gasteiger partial charge in [-0.15, -0.1) is 5.10 Å². The van der Waals surface area contributed by atoms with Crippen LogP contribution in [-0.4, -0.2) is 49.2 Å². The zero-order valence-electron chi connectivity index (χ0n) is 17.9. The van der Waals surface area contributed by atoms with Gasteiger partial charge in [0.05, 0.1) is 5.69 Å². The van der Waals surface area contributed by atoms with Gasteiger partial charge in [-0.05, 0) is 49.3 Å². The fourth-order valence-electron chi connectivity index (χ4n) is 5.00. The van der Waals surface area contributed by atoms with Crippen LogP contribution in [-0.2, 0) is 17.6 Å². The van der Waals surface area contributed by atoms with Crippen LogP contribution in [0.3, 0.4) is 0 Å².